The van der Waals surface area contributed by atoms with E-state index in [-0.39, 0.29) is 11.4 Å². The van der Waals surface area contributed by atoms with E-state index in [1.165, 1.54) is 16.7 Å². The molecule has 0 saturated heterocycles. The third kappa shape index (κ3) is 4.52. The summed E-state index contributed by atoms with van der Waals surface area (Å²) in [5, 5.41) is 3.06. The van der Waals surface area contributed by atoms with E-state index in [0.29, 0.717) is 6.42 Å². The van der Waals surface area contributed by atoms with Gasteiger partial charge in [-0.2, -0.15) is 0 Å². The molecule has 0 saturated carbocycles. The van der Waals surface area contributed by atoms with Crippen molar-refractivity contribution in [2.24, 2.45) is 0 Å². The van der Waals surface area contributed by atoms with Gasteiger partial charge in [0.25, 0.3) is 0 Å². The van der Waals surface area contributed by atoms with Gasteiger partial charge in [-0.25, -0.2) is 0 Å². The van der Waals surface area contributed by atoms with Crippen molar-refractivity contribution in [3.63, 3.8) is 0 Å². The monoisotopic (exact) mass is 247 g/mol. The third-order valence-electron chi connectivity index (χ3n) is 3.57. The first-order chi connectivity index (χ1) is 8.34. The Kier molecular flexibility index (Phi) is 4.94. The van der Waals surface area contributed by atoms with Gasteiger partial charge in [-0.3, -0.25) is 4.79 Å². The zero-order valence-corrected chi connectivity index (χ0v) is 12.3. The van der Waals surface area contributed by atoms with Crippen molar-refractivity contribution in [2.45, 2.75) is 59.4 Å². The SMILES string of the molecule is CCC(C)(C)NC(=O)CCc1ccc(C)c(C)c1. The van der Waals surface area contributed by atoms with Crippen LogP contribution in [0.15, 0.2) is 18.2 Å². The van der Waals surface area contributed by atoms with Crippen molar-refractivity contribution in [1.82, 2.24) is 5.32 Å². The Morgan fingerprint density at radius 1 is 1.22 bits per heavy atom. The Labute approximate surface area is 111 Å². The number of amides is 1. The molecule has 1 aromatic rings. The van der Waals surface area contributed by atoms with Crippen LogP contribution in [0.1, 0.15) is 50.3 Å². The fraction of sp³-hybridized carbons (Fsp3) is 0.562. The highest BCUT2D eigenvalue weighted by molar-refractivity contribution is 5.76. The largest absolute Gasteiger partial charge is 0.351 e. The Morgan fingerprint density at radius 3 is 2.44 bits per heavy atom. The number of hydrogen-bond acceptors (Lipinski definition) is 1. The van der Waals surface area contributed by atoms with Crippen LogP contribution < -0.4 is 5.32 Å². The Bertz CT molecular complexity index is 421. The summed E-state index contributed by atoms with van der Waals surface area (Å²) < 4.78 is 0. The molecule has 18 heavy (non-hydrogen) atoms. The summed E-state index contributed by atoms with van der Waals surface area (Å²) in [4.78, 5) is 11.8. The first-order valence-electron chi connectivity index (χ1n) is 6.71. The minimum atomic E-state index is -0.0969. The van der Waals surface area contributed by atoms with Crippen LogP contribution in [0, 0.1) is 13.8 Å². The number of rotatable bonds is 5. The molecule has 0 aromatic heterocycles. The summed E-state index contributed by atoms with van der Waals surface area (Å²) in [6.45, 7) is 10.4. The highest BCUT2D eigenvalue weighted by Gasteiger charge is 2.17. The second kappa shape index (κ2) is 6.03. The molecule has 1 N–H and O–H groups in total. The van der Waals surface area contributed by atoms with Gasteiger partial charge >= 0.3 is 0 Å². The minimum absolute atomic E-state index is 0.0969. The molecule has 0 fully saturated rings. The number of benzene rings is 1. The number of carbonyl (C=O) groups excluding carboxylic acids is 1. The quantitative estimate of drug-likeness (QED) is 0.847. The van der Waals surface area contributed by atoms with Crippen LogP contribution in [-0.4, -0.2) is 11.4 Å². The summed E-state index contributed by atoms with van der Waals surface area (Å²) >= 11 is 0. The fourth-order valence-corrected chi connectivity index (χ4v) is 1.75. The molecule has 1 aromatic carbocycles. The van der Waals surface area contributed by atoms with Gasteiger partial charge < -0.3 is 5.32 Å². The predicted octanol–water partition coefficient (Wildman–Crippen LogP) is 3.54. The summed E-state index contributed by atoms with van der Waals surface area (Å²) in [7, 11) is 0. The van der Waals surface area contributed by atoms with E-state index in [1.54, 1.807) is 0 Å². The average molecular weight is 247 g/mol. The summed E-state index contributed by atoms with van der Waals surface area (Å²) in [6, 6.07) is 6.41. The van der Waals surface area contributed by atoms with E-state index in [2.05, 4.69) is 58.1 Å². The topological polar surface area (TPSA) is 29.1 Å². The molecule has 0 spiro atoms. The van der Waals surface area contributed by atoms with Crippen LogP contribution in [-0.2, 0) is 11.2 Å². The molecule has 2 heteroatoms. The molecule has 1 rings (SSSR count). The molecule has 100 valence electrons. The molecule has 0 atom stereocenters. The molecule has 0 aliphatic carbocycles. The summed E-state index contributed by atoms with van der Waals surface area (Å²) in [5.74, 6) is 0.139. The van der Waals surface area contributed by atoms with Crippen LogP contribution in [0.4, 0.5) is 0 Å². The maximum atomic E-state index is 11.8. The molecule has 0 heterocycles. The summed E-state index contributed by atoms with van der Waals surface area (Å²) in [6.07, 6.45) is 2.32. The molecule has 0 radical (unpaired) electrons. The van der Waals surface area contributed by atoms with Gasteiger partial charge in [0.1, 0.15) is 0 Å². The van der Waals surface area contributed by atoms with Crippen molar-refractivity contribution >= 4 is 5.91 Å². The third-order valence-corrected chi connectivity index (χ3v) is 3.57. The highest BCUT2D eigenvalue weighted by Crippen LogP contribution is 2.12. The van der Waals surface area contributed by atoms with Gasteiger partial charge in [0, 0.05) is 12.0 Å². The smallest absolute Gasteiger partial charge is 0.220 e. The molecular formula is C16H25NO. The van der Waals surface area contributed by atoms with Crippen molar-refractivity contribution in [1.29, 1.82) is 0 Å². The molecule has 0 aliphatic rings. The highest BCUT2D eigenvalue weighted by atomic mass is 16.1. The summed E-state index contributed by atoms with van der Waals surface area (Å²) in [5.41, 5.74) is 3.74. The number of nitrogens with one attached hydrogen (secondary N) is 1. The van der Waals surface area contributed by atoms with E-state index in [4.69, 9.17) is 0 Å². The van der Waals surface area contributed by atoms with Crippen LogP contribution in [0.25, 0.3) is 0 Å². The fourth-order valence-electron chi connectivity index (χ4n) is 1.75. The lowest BCUT2D eigenvalue weighted by molar-refractivity contribution is -0.122. The van der Waals surface area contributed by atoms with Gasteiger partial charge in [0.2, 0.25) is 5.91 Å². The molecule has 0 aliphatic heterocycles. The standard InChI is InChI=1S/C16H25NO/c1-6-16(4,5)17-15(18)10-9-14-8-7-12(2)13(3)11-14/h7-8,11H,6,9-10H2,1-5H3,(H,17,18). The van der Waals surface area contributed by atoms with E-state index < -0.39 is 0 Å². The first kappa shape index (κ1) is 14.7. The Balaban J connectivity index is 2.50. The van der Waals surface area contributed by atoms with E-state index >= 15 is 0 Å². The normalized spacial score (nSPS) is 11.4. The molecule has 2 nitrogen and oxygen atoms in total. The second-order valence-electron chi connectivity index (χ2n) is 5.70. The second-order valence-corrected chi connectivity index (χ2v) is 5.70. The van der Waals surface area contributed by atoms with E-state index in [9.17, 15) is 4.79 Å². The van der Waals surface area contributed by atoms with Crippen LogP contribution in [0.3, 0.4) is 0 Å². The van der Waals surface area contributed by atoms with Gasteiger partial charge in [-0.1, -0.05) is 25.1 Å². The van der Waals surface area contributed by atoms with Crippen molar-refractivity contribution in [3.8, 4) is 0 Å². The lowest BCUT2D eigenvalue weighted by atomic mass is 10.0. The molecule has 0 unspecified atom stereocenters. The maximum Gasteiger partial charge on any atom is 0.220 e. The zero-order valence-electron chi connectivity index (χ0n) is 12.3. The lowest BCUT2D eigenvalue weighted by Crippen LogP contribution is -2.42. The Hall–Kier alpha value is -1.31. The lowest BCUT2D eigenvalue weighted by Gasteiger charge is -2.24. The number of carbonyl (C=O) groups is 1. The van der Waals surface area contributed by atoms with Gasteiger partial charge in [-0.15, -0.1) is 0 Å². The average Bonchev–Trinajstić information content (AvgIpc) is 2.30. The van der Waals surface area contributed by atoms with Gasteiger partial charge in [-0.05, 0) is 57.2 Å². The minimum Gasteiger partial charge on any atom is -0.351 e. The predicted molar refractivity (Wildman–Crippen MR) is 76.7 cm³/mol. The van der Waals surface area contributed by atoms with Gasteiger partial charge in [0.15, 0.2) is 0 Å². The van der Waals surface area contributed by atoms with E-state index in [0.717, 1.165) is 12.8 Å². The van der Waals surface area contributed by atoms with Crippen LogP contribution in [0.5, 0.6) is 0 Å². The van der Waals surface area contributed by atoms with Gasteiger partial charge in [0.05, 0.1) is 0 Å². The molecule has 0 bridgehead atoms. The van der Waals surface area contributed by atoms with Crippen LogP contribution >= 0.6 is 0 Å². The zero-order chi connectivity index (χ0) is 13.8. The first-order valence-corrected chi connectivity index (χ1v) is 6.71. The molecular weight excluding hydrogens is 222 g/mol. The van der Waals surface area contributed by atoms with E-state index in [1.807, 2.05) is 0 Å². The molecule has 1 amide bonds. The van der Waals surface area contributed by atoms with Crippen molar-refractivity contribution in [3.05, 3.63) is 34.9 Å². The van der Waals surface area contributed by atoms with Crippen molar-refractivity contribution in [2.75, 3.05) is 0 Å². The van der Waals surface area contributed by atoms with Crippen molar-refractivity contribution < 1.29 is 4.79 Å². The van der Waals surface area contributed by atoms with Crippen LogP contribution in [0.2, 0.25) is 0 Å². The Morgan fingerprint density at radius 2 is 1.89 bits per heavy atom. The maximum absolute atomic E-state index is 11.8. The number of aryl methyl sites for hydroxylation is 3. The number of hydrogen-bond donors (Lipinski definition) is 1.